The number of amides is 1. The van der Waals surface area contributed by atoms with Crippen molar-refractivity contribution in [1.82, 2.24) is 24.6 Å². The van der Waals surface area contributed by atoms with Crippen molar-refractivity contribution >= 4 is 16.9 Å². The number of rotatable bonds is 5. The third-order valence-corrected chi connectivity index (χ3v) is 4.64. The molecule has 1 amide bonds. The minimum atomic E-state index is -0.0909. The SMILES string of the molecule is Cc1cc(C(=O)N(Cc2cccnc2)Cc2ccco2)c2c(C)nn(C)c2n1. The minimum absolute atomic E-state index is 0.0909. The molecule has 4 heterocycles. The molecule has 0 aromatic carbocycles. The Kier molecular flexibility index (Phi) is 4.65. The van der Waals surface area contributed by atoms with Gasteiger partial charge in [-0.2, -0.15) is 5.10 Å². The molecule has 142 valence electrons. The van der Waals surface area contributed by atoms with Gasteiger partial charge in [0, 0.05) is 31.7 Å². The Morgan fingerprint density at radius 2 is 2.07 bits per heavy atom. The van der Waals surface area contributed by atoms with Gasteiger partial charge in [0.1, 0.15) is 5.76 Å². The molecule has 0 aliphatic heterocycles. The van der Waals surface area contributed by atoms with Crippen LogP contribution in [-0.2, 0) is 20.1 Å². The van der Waals surface area contributed by atoms with E-state index in [1.807, 2.05) is 51.2 Å². The molecule has 0 aliphatic rings. The molecule has 0 aliphatic carbocycles. The van der Waals surface area contributed by atoms with Crippen LogP contribution in [0.5, 0.6) is 0 Å². The number of aromatic nitrogens is 4. The fourth-order valence-electron chi connectivity index (χ4n) is 3.41. The predicted octanol–water partition coefficient (Wildman–Crippen LogP) is 3.42. The van der Waals surface area contributed by atoms with E-state index in [1.165, 1.54) is 0 Å². The summed E-state index contributed by atoms with van der Waals surface area (Å²) in [6.45, 7) is 4.57. The number of furan rings is 1. The largest absolute Gasteiger partial charge is 0.467 e. The molecule has 0 bridgehead atoms. The molecule has 0 fully saturated rings. The number of fused-ring (bicyclic) bond motifs is 1. The summed E-state index contributed by atoms with van der Waals surface area (Å²) >= 11 is 0. The van der Waals surface area contributed by atoms with Gasteiger partial charge in [0.15, 0.2) is 5.65 Å². The van der Waals surface area contributed by atoms with Crippen molar-refractivity contribution in [3.8, 4) is 0 Å². The molecule has 7 nitrogen and oxygen atoms in total. The Morgan fingerprint density at radius 3 is 2.79 bits per heavy atom. The monoisotopic (exact) mass is 375 g/mol. The quantitative estimate of drug-likeness (QED) is 0.534. The van der Waals surface area contributed by atoms with Crippen LogP contribution in [0.2, 0.25) is 0 Å². The lowest BCUT2D eigenvalue weighted by atomic mass is 10.1. The fraction of sp³-hybridized carbons (Fsp3) is 0.238. The molecule has 4 aromatic rings. The molecule has 0 saturated heterocycles. The van der Waals surface area contributed by atoms with Gasteiger partial charge in [0.25, 0.3) is 5.91 Å². The van der Waals surface area contributed by atoms with Crippen molar-refractivity contribution in [2.45, 2.75) is 26.9 Å². The average Bonchev–Trinajstić information content (AvgIpc) is 3.29. The van der Waals surface area contributed by atoms with Crippen LogP contribution in [0.3, 0.4) is 0 Å². The Morgan fingerprint density at radius 1 is 1.21 bits per heavy atom. The van der Waals surface area contributed by atoms with Gasteiger partial charge in [-0.25, -0.2) is 4.98 Å². The van der Waals surface area contributed by atoms with E-state index in [9.17, 15) is 4.79 Å². The van der Waals surface area contributed by atoms with Gasteiger partial charge >= 0.3 is 0 Å². The first kappa shape index (κ1) is 17.9. The number of hydrogen-bond acceptors (Lipinski definition) is 5. The summed E-state index contributed by atoms with van der Waals surface area (Å²) in [5.74, 6) is 0.633. The molecule has 4 rings (SSSR count). The summed E-state index contributed by atoms with van der Waals surface area (Å²) in [5.41, 5.74) is 3.82. The van der Waals surface area contributed by atoms with Crippen molar-refractivity contribution in [1.29, 1.82) is 0 Å². The van der Waals surface area contributed by atoms with Crippen molar-refractivity contribution < 1.29 is 9.21 Å². The van der Waals surface area contributed by atoms with E-state index >= 15 is 0 Å². The maximum Gasteiger partial charge on any atom is 0.255 e. The molecule has 4 aromatic heterocycles. The average molecular weight is 375 g/mol. The minimum Gasteiger partial charge on any atom is -0.467 e. The number of nitrogens with zero attached hydrogens (tertiary/aromatic N) is 5. The Bertz CT molecular complexity index is 1120. The second kappa shape index (κ2) is 7.26. The number of aryl methyl sites for hydroxylation is 3. The topological polar surface area (TPSA) is 77.0 Å². The van der Waals surface area contributed by atoms with Crippen LogP contribution in [0.15, 0.2) is 53.4 Å². The standard InChI is InChI=1S/C21H21N5O2/c1-14-10-18(19-15(2)24-25(3)20(19)23-14)21(27)26(13-17-7-5-9-28-17)12-16-6-4-8-22-11-16/h4-11H,12-13H2,1-3H3. The normalized spacial score (nSPS) is 11.1. The van der Waals surface area contributed by atoms with Gasteiger partial charge < -0.3 is 9.32 Å². The van der Waals surface area contributed by atoms with Gasteiger partial charge in [0.2, 0.25) is 0 Å². The van der Waals surface area contributed by atoms with E-state index in [1.54, 1.807) is 28.2 Å². The van der Waals surface area contributed by atoms with Crippen LogP contribution in [-0.4, -0.2) is 30.6 Å². The highest BCUT2D eigenvalue weighted by Gasteiger charge is 2.23. The third kappa shape index (κ3) is 3.38. The molecular weight excluding hydrogens is 354 g/mol. The van der Waals surface area contributed by atoms with Crippen molar-refractivity contribution in [3.05, 3.63) is 77.3 Å². The van der Waals surface area contributed by atoms with Crippen LogP contribution in [0, 0.1) is 13.8 Å². The van der Waals surface area contributed by atoms with Crippen molar-refractivity contribution in [2.75, 3.05) is 0 Å². The highest BCUT2D eigenvalue weighted by molar-refractivity contribution is 6.06. The molecule has 0 unspecified atom stereocenters. The lowest BCUT2D eigenvalue weighted by molar-refractivity contribution is 0.0719. The van der Waals surface area contributed by atoms with Crippen molar-refractivity contribution in [3.63, 3.8) is 0 Å². The zero-order valence-corrected chi connectivity index (χ0v) is 16.1. The van der Waals surface area contributed by atoms with Gasteiger partial charge in [-0.1, -0.05) is 6.07 Å². The summed E-state index contributed by atoms with van der Waals surface area (Å²) < 4.78 is 7.20. The van der Waals surface area contributed by atoms with E-state index in [0.29, 0.717) is 24.3 Å². The van der Waals surface area contributed by atoms with Gasteiger partial charge in [-0.05, 0) is 43.7 Å². The molecule has 0 saturated carbocycles. The summed E-state index contributed by atoms with van der Waals surface area (Å²) in [6, 6.07) is 9.34. The summed E-state index contributed by atoms with van der Waals surface area (Å²) in [7, 11) is 1.84. The molecular formula is C21H21N5O2. The van der Waals surface area contributed by atoms with Gasteiger partial charge in [-0.15, -0.1) is 0 Å². The first-order valence-electron chi connectivity index (χ1n) is 9.04. The lowest BCUT2D eigenvalue weighted by Crippen LogP contribution is -2.30. The van der Waals surface area contributed by atoms with Gasteiger partial charge in [-0.3, -0.25) is 14.5 Å². The van der Waals surface area contributed by atoms with E-state index in [4.69, 9.17) is 4.42 Å². The molecule has 0 N–H and O–H groups in total. The maximum atomic E-state index is 13.6. The highest BCUT2D eigenvalue weighted by Crippen LogP contribution is 2.24. The zero-order valence-electron chi connectivity index (χ0n) is 16.1. The fourth-order valence-corrected chi connectivity index (χ4v) is 3.41. The molecule has 7 heteroatoms. The zero-order chi connectivity index (χ0) is 19.7. The molecule has 28 heavy (non-hydrogen) atoms. The van der Waals surface area contributed by atoms with Crippen LogP contribution in [0.1, 0.15) is 33.1 Å². The van der Waals surface area contributed by atoms with Crippen LogP contribution < -0.4 is 0 Å². The molecule has 0 radical (unpaired) electrons. The smallest absolute Gasteiger partial charge is 0.255 e. The third-order valence-electron chi connectivity index (χ3n) is 4.64. The molecule has 0 spiro atoms. The van der Waals surface area contributed by atoms with E-state index in [0.717, 1.165) is 28.1 Å². The Labute approximate surface area is 162 Å². The Balaban J connectivity index is 1.78. The maximum absolute atomic E-state index is 13.6. The van der Waals surface area contributed by atoms with E-state index in [-0.39, 0.29) is 5.91 Å². The van der Waals surface area contributed by atoms with Crippen LogP contribution in [0.25, 0.3) is 11.0 Å². The van der Waals surface area contributed by atoms with E-state index < -0.39 is 0 Å². The first-order chi connectivity index (χ1) is 13.5. The molecule has 0 atom stereocenters. The number of pyridine rings is 2. The Hall–Kier alpha value is -3.48. The van der Waals surface area contributed by atoms with Gasteiger partial charge in [0.05, 0.1) is 29.5 Å². The van der Waals surface area contributed by atoms with Crippen LogP contribution in [0.4, 0.5) is 0 Å². The first-order valence-corrected chi connectivity index (χ1v) is 9.04. The number of carbonyl (C=O) groups excluding carboxylic acids is 1. The second-order valence-electron chi connectivity index (χ2n) is 6.82. The lowest BCUT2D eigenvalue weighted by Gasteiger charge is -2.22. The second-order valence-corrected chi connectivity index (χ2v) is 6.82. The predicted molar refractivity (Wildman–Crippen MR) is 105 cm³/mol. The van der Waals surface area contributed by atoms with E-state index in [2.05, 4.69) is 15.1 Å². The number of carbonyl (C=O) groups is 1. The summed E-state index contributed by atoms with van der Waals surface area (Å²) in [5, 5.41) is 5.23. The van der Waals surface area contributed by atoms with Crippen molar-refractivity contribution in [2.24, 2.45) is 7.05 Å². The summed E-state index contributed by atoms with van der Waals surface area (Å²) in [4.78, 5) is 24.1. The highest BCUT2D eigenvalue weighted by atomic mass is 16.3. The van der Waals surface area contributed by atoms with Crippen LogP contribution >= 0.6 is 0 Å². The number of hydrogen-bond donors (Lipinski definition) is 0. The summed E-state index contributed by atoms with van der Waals surface area (Å²) in [6.07, 6.45) is 5.10.